The summed E-state index contributed by atoms with van der Waals surface area (Å²) in [5.74, 6) is -1.05. The quantitative estimate of drug-likeness (QED) is 0.313. The van der Waals surface area contributed by atoms with E-state index in [2.05, 4.69) is 10.3 Å². The molecule has 168 valence electrons. The van der Waals surface area contributed by atoms with Crippen molar-refractivity contribution < 1.29 is 23.9 Å². The second-order valence-electron chi connectivity index (χ2n) is 7.30. The van der Waals surface area contributed by atoms with Crippen molar-refractivity contribution >= 4 is 52.2 Å². The van der Waals surface area contributed by atoms with E-state index in [0.717, 1.165) is 0 Å². The standard InChI is InChI=1S/C24H20N2O5S2/c1-3-31-20(27)11-15-12-32-24(26-15)33-13(2)23(30)25-14-8-9-18-19(10-14)22(29)17-7-5-4-6-16(17)21(18)28/h4-10,12-13H,3,11H2,1-2H3,(H,25,30)/t13-/m1/s1. The van der Waals surface area contributed by atoms with Crippen molar-refractivity contribution in [2.75, 3.05) is 11.9 Å². The lowest BCUT2D eigenvalue weighted by atomic mass is 9.84. The minimum Gasteiger partial charge on any atom is -0.466 e. The Balaban J connectivity index is 1.43. The van der Waals surface area contributed by atoms with Crippen LogP contribution in [0.3, 0.4) is 0 Å². The zero-order valence-corrected chi connectivity index (χ0v) is 19.5. The molecule has 1 heterocycles. The van der Waals surface area contributed by atoms with Gasteiger partial charge in [0, 0.05) is 33.3 Å². The SMILES string of the molecule is CCOC(=O)Cc1csc(S[C@H](C)C(=O)Nc2ccc3c(c2)C(=O)c2ccccc2C3=O)n1. The maximum absolute atomic E-state index is 12.9. The van der Waals surface area contributed by atoms with E-state index in [1.165, 1.54) is 23.1 Å². The van der Waals surface area contributed by atoms with Crippen LogP contribution in [0.25, 0.3) is 0 Å². The van der Waals surface area contributed by atoms with Crippen LogP contribution in [0.5, 0.6) is 0 Å². The van der Waals surface area contributed by atoms with Crippen molar-refractivity contribution in [3.8, 4) is 0 Å². The van der Waals surface area contributed by atoms with E-state index in [1.54, 1.807) is 61.7 Å². The third-order valence-electron chi connectivity index (χ3n) is 5.00. The van der Waals surface area contributed by atoms with Gasteiger partial charge in [0.2, 0.25) is 5.91 Å². The number of thioether (sulfide) groups is 1. The number of ketones is 2. The molecule has 0 saturated heterocycles. The van der Waals surface area contributed by atoms with Crippen LogP contribution in [0.2, 0.25) is 0 Å². The number of amides is 1. The molecule has 0 unspecified atom stereocenters. The number of esters is 1. The topological polar surface area (TPSA) is 102 Å². The summed E-state index contributed by atoms with van der Waals surface area (Å²) in [5, 5.41) is 4.11. The molecule has 1 aromatic heterocycles. The lowest BCUT2D eigenvalue weighted by Crippen LogP contribution is -2.24. The van der Waals surface area contributed by atoms with Crippen LogP contribution in [-0.2, 0) is 20.7 Å². The average molecular weight is 481 g/mol. The fraction of sp³-hybridized carbons (Fsp3) is 0.208. The van der Waals surface area contributed by atoms with Crippen molar-refractivity contribution in [2.45, 2.75) is 29.9 Å². The molecule has 7 nitrogen and oxygen atoms in total. The van der Waals surface area contributed by atoms with E-state index in [-0.39, 0.29) is 35.4 Å². The van der Waals surface area contributed by atoms with Gasteiger partial charge in [-0.25, -0.2) is 4.98 Å². The summed E-state index contributed by atoms with van der Waals surface area (Å²) in [7, 11) is 0. The fourth-order valence-corrected chi connectivity index (χ4v) is 5.39. The summed E-state index contributed by atoms with van der Waals surface area (Å²) in [5.41, 5.74) is 2.41. The Bertz CT molecular complexity index is 1270. The molecule has 0 saturated carbocycles. The lowest BCUT2D eigenvalue weighted by Gasteiger charge is -2.18. The summed E-state index contributed by atoms with van der Waals surface area (Å²) in [6.07, 6.45) is 0.0937. The van der Waals surface area contributed by atoms with E-state index in [4.69, 9.17) is 4.74 Å². The van der Waals surface area contributed by atoms with Gasteiger partial charge in [0.1, 0.15) is 0 Å². The molecule has 1 amide bonds. The molecule has 1 atom stereocenters. The number of carbonyl (C=O) groups excluding carboxylic acids is 4. The van der Waals surface area contributed by atoms with Crippen molar-refractivity contribution in [1.29, 1.82) is 0 Å². The number of ether oxygens (including phenoxy) is 1. The van der Waals surface area contributed by atoms with Crippen molar-refractivity contribution in [2.24, 2.45) is 0 Å². The molecule has 1 aliphatic carbocycles. The molecule has 1 N–H and O–H groups in total. The highest BCUT2D eigenvalue weighted by molar-refractivity contribution is 8.02. The number of carbonyl (C=O) groups is 4. The molecular weight excluding hydrogens is 460 g/mol. The van der Waals surface area contributed by atoms with Gasteiger partial charge in [0.05, 0.1) is 24.0 Å². The number of hydrogen-bond donors (Lipinski definition) is 1. The highest BCUT2D eigenvalue weighted by atomic mass is 32.2. The van der Waals surface area contributed by atoms with Gasteiger partial charge >= 0.3 is 5.97 Å². The number of fused-ring (bicyclic) bond motifs is 2. The second kappa shape index (κ2) is 9.68. The first kappa shape index (κ1) is 22.9. The summed E-state index contributed by atoms with van der Waals surface area (Å²) in [4.78, 5) is 54.3. The summed E-state index contributed by atoms with van der Waals surface area (Å²) >= 11 is 2.63. The van der Waals surface area contributed by atoms with Gasteiger partial charge in [-0.2, -0.15) is 0 Å². The molecule has 3 aromatic rings. The third-order valence-corrected chi connectivity index (χ3v) is 7.12. The maximum Gasteiger partial charge on any atom is 0.311 e. The summed E-state index contributed by atoms with van der Waals surface area (Å²) < 4.78 is 5.59. The van der Waals surface area contributed by atoms with Crippen LogP contribution in [0, 0.1) is 0 Å². The Kier molecular flexibility index (Phi) is 6.71. The number of hydrogen-bond acceptors (Lipinski definition) is 8. The number of nitrogens with zero attached hydrogens (tertiary/aromatic N) is 1. The highest BCUT2D eigenvalue weighted by Crippen LogP contribution is 2.30. The van der Waals surface area contributed by atoms with Crippen LogP contribution in [0.4, 0.5) is 5.69 Å². The Morgan fingerprint density at radius 2 is 1.73 bits per heavy atom. The van der Waals surface area contributed by atoms with Crippen LogP contribution in [0.15, 0.2) is 52.2 Å². The number of rotatable bonds is 7. The zero-order chi connectivity index (χ0) is 23.5. The van der Waals surface area contributed by atoms with Crippen LogP contribution < -0.4 is 5.32 Å². The first-order valence-corrected chi connectivity index (χ1v) is 12.0. The van der Waals surface area contributed by atoms with E-state index >= 15 is 0 Å². The minimum absolute atomic E-state index is 0.0937. The van der Waals surface area contributed by atoms with Crippen molar-refractivity contribution in [1.82, 2.24) is 4.98 Å². The normalized spacial score (nSPS) is 13.2. The molecule has 2 aromatic carbocycles. The third kappa shape index (κ3) is 4.89. The molecule has 0 spiro atoms. The van der Waals surface area contributed by atoms with Gasteiger partial charge in [0.15, 0.2) is 15.9 Å². The number of benzene rings is 2. The second-order valence-corrected chi connectivity index (χ2v) is 9.75. The van der Waals surface area contributed by atoms with Crippen LogP contribution >= 0.6 is 23.1 Å². The average Bonchev–Trinajstić information content (AvgIpc) is 3.24. The van der Waals surface area contributed by atoms with Gasteiger partial charge in [-0.05, 0) is 32.0 Å². The van der Waals surface area contributed by atoms with E-state index in [1.807, 2.05) is 0 Å². The molecule has 4 rings (SSSR count). The minimum atomic E-state index is -0.472. The first-order chi connectivity index (χ1) is 15.9. The molecule has 9 heteroatoms. The van der Waals surface area contributed by atoms with Crippen molar-refractivity contribution in [3.63, 3.8) is 0 Å². The molecule has 1 aliphatic rings. The van der Waals surface area contributed by atoms with Crippen LogP contribution in [0.1, 0.15) is 51.4 Å². The van der Waals surface area contributed by atoms with Gasteiger partial charge in [0.25, 0.3) is 0 Å². The number of nitrogens with one attached hydrogen (secondary N) is 1. The molecule has 0 aliphatic heterocycles. The first-order valence-electron chi connectivity index (χ1n) is 10.3. The maximum atomic E-state index is 12.9. The summed E-state index contributed by atoms with van der Waals surface area (Å²) in [6, 6.07) is 11.5. The monoisotopic (exact) mass is 480 g/mol. The number of thiazole rings is 1. The molecule has 0 radical (unpaired) electrons. The predicted molar refractivity (Wildman–Crippen MR) is 126 cm³/mol. The molecule has 0 fully saturated rings. The van der Waals surface area contributed by atoms with Crippen LogP contribution in [-0.4, -0.2) is 40.3 Å². The highest BCUT2D eigenvalue weighted by Gasteiger charge is 2.29. The van der Waals surface area contributed by atoms with Gasteiger partial charge in [-0.15, -0.1) is 11.3 Å². The Hall–Kier alpha value is -3.30. The molecular formula is C24H20N2O5S2. The number of anilines is 1. The smallest absolute Gasteiger partial charge is 0.311 e. The molecule has 0 bridgehead atoms. The Morgan fingerprint density at radius 1 is 1.06 bits per heavy atom. The van der Waals surface area contributed by atoms with Crippen molar-refractivity contribution in [3.05, 3.63) is 75.8 Å². The lowest BCUT2D eigenvalue weighted by molar-refractivity contribution is -0.142. The van der Waals surface area contributed by atoms with Gasteiger partial charge in [-0.1, -0.05) is 36.0 Å². The van der Waals surface area contributed by atoms with Gasteiger partial charge in [-0.3, -0.25) is 19.2 Å². The predicted octanol–water partition coefficient (Wildman–Crippen LogP) is 4.14. The zero-order valence-electron chi connectivity index (χ0n) is 17.9. The van der Waals surface area contributed by atoms with E-state index in [9.17, 15) is 19.2 Å². The fourth-order valence-electron chi connectivity index (χ4n) is 3.41. The van der Waals surface area contributed by atoms with E-state index in [0.29, 0.717) is 39.0 Å². The van der Waals surface area contributed by atoms with E-state index < -0.39 is 5.25 Å². The molecule has 33 heavy (non-hydrogen) atoms. The Morgan fingerprint density at radius 3 is 2.42 bits per heavy atom. The summed E-state index contributed by atoms with van der Waals surface area (Å²) in [6.45, 7) is 3.81. The number of aromatic nitrogens is 1. The van der Waals surface area contributed by atoms with Gasteiger partial charge < -0.3 is 10.1 Å². The largest absolute Gasteiger partial charge is 0.466 e. The Labute approximate surface area is 198 Å².